The minimum Gasteiger partial charge on any atom is -0.390 e. The molecule has 0 aliphatic rings. The summed E-state index contributed by atoms with van der Waals surface area (Å²) in [6.45, 7) is 3.33. The highest BCUT2D eigenvalue weighted by Crippen LogP contribution is 2.06. The molecule has 0 saturated carbocycles. The number of carbonyl (C=O) groups excluding carboxylic acids is 1. The van der Waals surface area contributed by atoms with Crippen LogP contribution < -0.4 is 11.1 Å². The topological polar surface area (TPSA) is 78.6 Å². The van der Waals surface area contributed by atoms with Crippen molar-refractivity contribution in [2.45, 2.75) is 25.5 Å². The van der Waals surface area contributed by atoms with Gasteiger partial charge in [0.25, 0.3) is 0 Å². The fraction of sp³-hybridized carbons (Fsp3) is 0.533. The Morgan fingerprint density at radius 2 is 2.05 bits per heavy atom. The highest BCUT2D eigenvalue weighted by atomic mass is 16.3. The van der Waals surface area contributed by atoms with E-state index in [9.17, 15) is 9.90 Å². The van der Waals surface area contributed by atoms with E-state index in [1.807, 2.05) is 42.2 Å². The highest BCUT2D eigenvalue weighted by molar-refractivity contribution is 5.77. The number of nitrogens with one attached hydrogen (secondary N) is 1. The first kappa shape index (κ1) is 16.6. The number of nitrogens with two attached hydrogens (primary N) is 1. The zero-order valence-electron chi connectivity index (χ0n) is 12.2. The maximum atomic E-state index is 11.4. The number of amides is 1. The number of aliphatic hydroxyl groups excluding tert-OH is 1. The molecule has 5 heteroatoms. The zero-order chi connectivity index (χ0) is 15.0. The summed E-state index contributed by atoms with van der Waals surface area (Å²) >= 11 is 0. The summed E-state index contributed by atoms with van der Waals surface area (Å²) in [7, 11) is 1.60. The molecule has 0 aromatic heterocycles. The van der Waals surface area contributed by atoms with Crippen LogP contribution in [-0.4, -0.2) is 54.7 Å². The number of hydrogen-bond donors (Lipinski definition) is 3. The molecule has 1 amide bonds. The van der Waals surface area contributed by atoms with Gasteiger partial charge in [0.1, 0.15) is 0 Å². The molecule has 4 N–H and O–H groups in total. The lowest BCUT2D eigenvalue weighted by Gasteiger charge is -2.26. The van der Waals surface area contributed by atoms with E-state index >= 15 is 0 Å². The van der Waals surface area contributed by atoms with Crippen molar-refractivity contribution in [2.75, 3.05) is 26.7 Å². The van der Waals surface area contributed by atoms with Crippen LogP contribution in [0.25, 0.3) is 0 Å². The van der Waals surface area contributed by atoms with Gasteiger partial charge >= 0.3 is 0 Å². The molecule has 2 unspecified atom stereocenters. The summed E-state index contributed by atoms with van der Waals surface area (Å²) in [6.07, 6.45) is -0.0284. The normalized spacial score (nSPS) is 14.1. The number of hydrogen-bond acceptors (Lipinski definition) is 4. The molecule has 0 saturated heterocycles. The van der Waals surface area contributed by atoms with Crippen LogP contribution >= 0.6 is 0 Å². The summed E-state index contributed by atoms with van der Waals surface area (Å²) in [5.74, 6) is -0.0596. The molecule has 2 atom stereocenters. The summed E-state index contributed by atoms with van der Waals surface area (Å²) < 4.78 is 0. The van der Waals surface area contributed by atoms with Crippen LogP contribution in [0.2, 0.25) is 0 Å². The van der Waals surface area contributed by atoms with Gasteiger partial charge in [-0.15, -0.1) is 0 Å². The van der Waals surface area contributed by atoms with E-state index in [4.69, 9.17) is 5.73 Å². The lowest BCUT2D eigenvalue weighted by molar-refractivity contribution is -0.122. The second-order valence-corrected chi connectivity index (χ2v) is 4.92. The second-order valence-electron chi connectivity index (χ2n) is 4.92. The van der Waals surface area contributed by atoms with Crippen molar-refractivity contribution in [1.29, 1.82) is 0 Å². The molecule has 0 heterocycles. The van der Waals surface area contributed by atoms with Crippen molar-refractivity contribution in [1.82, 2.24) is 10.2 Å². The van der Waals surface area contributed by atoms with Crippen LogP contribution in [0.1, 0.15) is 12.5 Å². The van der Waals surface area contributed by atoms with Crippen LogP contribution in [0.5, 0.6) is 0 Å². The zero-order valence-corrected chi connectivity index (χ0v) is 12.2. The number of likely N-dealkylation sites (N-methyl/N-ethyl adjacent to an activating group) is 2. The van der Waals surface area contributed by atoms with E-state index in [1.165, 1.54) is 0 Å². The predicted molar refractivity (Wildman–Crippen MR) is 80.3 cm³/mol. The Morgan fingerprint density at radius 1 is 1.40 bits per heavy atom. The van der Waals surface area contributed by atoms with Gasteiger partial charge in [0.15, 0.2) is 0 Å². The third-order valence-electron chi connectivity index (χ3n) is 3.35. The molecule has 0 fully saturated rings. The second kappa shape index (κ2) is 8.68. The molecule has 1 aromatic rings. The molecule has 0 aliphatic carbocycles. The van der Waals surface area contributed by atoms with Gasteiger partial charge in [-0.1, -0.05) is 37.3 Å². The van der Waals surface area contributed by atoms with Crippen molar-refractivity contribution in [3.8, 4) is 0 Å². The first-order valence-corrected chi connectivity index (χ1v) is 6.97. The van der Waals surface area contributed by atoms with Gasteiger partial charge in [-0.2, -0.15) is 0 Å². The van der Waals surface area contributed by atoms with Crippen molar-refractivity contribution in [3.05, 3.63) is 35.9 Å². The molecule has 0 bridgehead atoms. The van der Waals surface area contributed by atoms with Gasteiger partial charge in [-0.25, -0.2) is 0 Å². The molecule has 112 valence electrons. The lowest BCUT2D eigenvalue weighted by atomic mass is 10.0. The van der Waals surface area contributed by atoms with Gasteiger partial charge in [0.05, 0.1) is 12.6 Å². The summed E-state index contributed by atoms with van der Waals surface area (Å²) in [5, 5.41) is 12.7. The lowest BCUT2D eigenvalue weighted by Crippen LogP contribution is -2.47. The molecule has 0 radical (unpaired) electrons. The van der Waals surface area contributed by atoms with E-state index in [2.05, 4.69) is 5.32 Å². The van der Waals surface area contributed by atoms with Crippen LogP contribution in [0.4, 0.5) is 0 Å². The fourth-order valence-corrected chi connectivity index (χ4v) is 2.01. The number of carbonyl (C=O) groups is 1. The number of nitrogens with zero attached hydrogens (tertiary/aromatic N) is 1. The van der Waals surface area contributed by atoms with Crippen LogP contribution in [-0.2, 0) is 11.2 Å². The molecule has 1 aromatic carbocycles. The molecule has 0 aliphatic heterocycles. The molecule has 1 rings (SSSR count). The summed E-state index contributed by atoms with van der Waals surface area (Å²) in [4.78, 5) is 13.2. The van der Waals surface area contributed by atoms with Crippen molar-refractivity contribution >= 4 is 5.91 Å². The number of rotatable bonds is 8. The molecule has 0 spiro atoms. The maximum Gasteiger partial charge on any atom is 0.233 e. The molecule has 5 nitrogen and oxygen atoms in total. The smallest absolute Gasteiger partial charge is 0.233 e. The summed E-state index contributed by atoms with van der Waals surface area (Å²) in [6, 6.07) is 9.52. The quantitative estimate of drug-likeness (QED) is 0.625. The highest BCUT2D eigenvalue weighted by Gasteiger charge is 2.19. The largest absolute Gasteiger partial charge is 0.390 e. The van der Waals surface area contributed by atoms with E-state index in [1.54, 1.807) is 7.05 Å². The first-order chi connectivity index (χ1) is 9.56. The SMILES string of the molecule is CCN(CC(=O)NC)CC(O)C(N)Cc1ccccc1. The fourth-order valence-electron chi connectivity index (χ4n) is 2.01. The van der Waals surface area contributed by atoms with E-state index in [0.29, 0.717) is 19.5 Å². The van der Waals surface area contributed by atoms with E-state index < -0.39 is 6.10 Å². The summed E-state index contributed by atoms with van der Waals surface area (Å²) in [5.41, 5.74) is 7.14. The Bertz CT molecular complexity index is 397. The number of aliphatic hydroxyl groups is 1. The monoisotopic (exact) mass is 279 g/mol. The minimum absolute atomic E-state index is 0.0596. The van der Waals surface area contributed by atoms with Crippen LogP contribution in [0, 0.1) is 0 Å². The van der Waals surface area contributed by atoms with E-state index in [-0.39, 0.29) is 18.5 Å². The van der Waals surface area contributed by atoms with Crippen molar-refractivity contribution in [3.63, 3.8) is 0 Å². The minimum atomic E-state index is -0.653. The van der Waals surface area contributed by atoms with Gasteiger partial charge in [0.2, 0.25) is 5.91 Å². The average Bonchev–Trinajstić information content (AvgIpc) is 2.47. The Hall–Kier alpha value is -1.43. The van der Waals surface area contributed by atoms with Crippen LogP contribution in [0.3, 0.4) is 0 Å². The molecular weight excluding hydrogens is 254 g/mol. The average molecular weight is 279 g/mol. The van der Waals surface area contributed by atoms with Gasteiger partial charge in [-0.3, -0.25) is 9.69 Å². The molecular formula is C15H25N3O2. The predicted octanol–water partition coefficient (Wildman–Crippen LogP) is -0.0148. The van der Waals surface area contributed by atoms with Crippen molar-refractivity contribution < 1.29 is 9.90 Å². The van der Waals surface area contributed by atoms with Gasteiger partial charge < -0.3 is 16.2 Å². The van der Waals surface area contributed by atoms with Gasteiger partial charge in [0, 0.05) is 19.6 Å². The van der Waals surface area contributed by atoms with Crippen LogP contribution in [0.15, 0.2) is 30.3 Å². The standard InChI is InChI=1S/C15H25N3O2/c1-3-18(11-15(20)17-2)10-14(19)13(16)9-12-7-5-4-6-8-12/h4-8,13-14,19H,3,9-11,16H2,1-2H3,(H,17,20). The van der Waals surface area contributed by atoms with Gasteiger partial charge in [-0.05, 0) is 18.5 Å². The maximum absolute atomic E-state index is 11.4. The Labute approximate surface area is 120 Å². The Balaban J connectivity index is 2.47. The molecule has 20 heavy (non-hydrogen) atoms. The third-order valence-corrected chi connectivity index (χ3v) is 3.35. The number of benzene rings is 1. The first-order valence-electron chi connectivity index (χ1n) is 6.97. The van der Waals surface area contributed by atoms with Crippen molar-refractivity contribution in [2.24, 2.45) is 5.73 Å². The Morgan fingerprint density at radius 3 is 2.60 bits per heavy atom. The van der Waals surface area contributed by atoms with E-state index in [0.717, 1.165) is 5.56 Å². The third kappa shape index (κ3) is 5.69. The Kier molecular flexibility index (Phi) is 7.22.